The number of likely N-dealkylation sites (tertiary alicyclic amines) is 1. The summed E-state index contributed by atoms with van der Waals surface area (Å²) < 4.78 is 0. The van der Waals surface area contributed by atoms with E-state index in [4.69, 9.17) is 16.9 Å². The lowest BCUT2D eigenvalue weighted by atomic mass is 9.97. The van der Waals surface area contributed by atoms with Crippen molar-refractivity contribution >= 4 is 17.4 Å². The van der Waals surface area contributed by atoms with Crippen LogP contribution in [0.15, 0.2) is 12.1 Å². The summed E-state index contributed by atoms with van der Waals surface area (Å²) >= 11 is 5.94. The van der Waals surface area contributed by atoms with E-state index in [0.717, 1.165) is 25.5 Å². The molecule has 5 heteroatoms. The summed E-state index contributed by atoms with van der Waals surface area (Å²) in [5.41, 5.74) is 0.560. The Labute approximate surface area is 119 Å². The molecule has 0 spiro atoms. The summed E-state index contributed by atoms with van der Waals surface area (Å²) in [5, 5.41) is 9.34. The van der Waals surface area contributed by atoms with Gasteiger partial charge in [0.15, 0.2) is 0 Å². The monoisotopic (exact) mass is 278 g/mol. The average Bonchev–Trinajstić information content (AvgIpc) is 2.40. The first-order valence-electron chi connectivity index (χ1n) is 6.56. The molecule has 1 aliphatic rings. The maximum absolute atomic E-state index is 8.96. The fraction of sp³-hybridized carbons (Fsp3) is 0.571. The zero-order valence-electron chi connectivity index (χ0n) is 11.4. The molecule has 1 fully saturated rings. The molecule has 0 bridgehead atoms. The van der Waals surface area contributed by atoms with Crippen molar-refractivity contribution in [1.82, 2.24) is 9.88 Å². The molecule has 102 valence electrons. The normalized spacial score (nSPS) is 17.2. The largest absolute Gasteiger partial charge is 0.359 e. The number of halogens is 1. The van der Waals surface area contributed by atoms with Crippen molar-refractivity contribution in [2.45, 2.75) is 12.8 Å². The minimum absolute atomic E-state index is 0.379. The van der Waals surface area contributed by atoms with Crippen LogP contribution in [0.4, 0.5) is 5.82 Å². The molecule has 2 heterocycles. The van der Waals surface area contributed by atoms with Gasteiger partial charge in [-0.05, 0) is 51.0 Å². The zero-order chi connectivity index (χ0) is 13.8. The fourth-order valence-corrected chi connectivity index (χ4v) is 2.67. The molecule has 0 radical (unpaired) electrons. The summed E-state index contributed by atoms with van der Waals surface area (Å²) in [4.78, 5) is 8.75. The SMILES string of the molecule is CN1CCC(CN(C)c2cc(C#N)cc(Cl)n2)CC1. The Hall–Kier alpha value is -1.31. The number of nitrogens with zero attached hydrogens (tertiary/aromatic N) is 4. The van der Waals surface area contributed by atoms with Crippen molar-refractivity contribution in [3.8, 4) is 6.07 Å². The molecule has 1 saturated heterocycles. The standard InChI is InChI=1S/C14H19ClN4/c1-18-5-3-11(4-6-18)10-19(2)14-8-12(9-16)7-13(15)17-14/h7-8,11H,3-6,10H2,1-2H3. The van der Waals surface area contributed by atoms with Crippen molar-refractivity contribution in [2.24, 2.45) is 5.92 Å². The minimum Gasteiger partial charge on any atom is -0.359 e. The van der Waals surface area contributed by atoms with Gasteiger partial charge in [-0.2, -0.15) is 5.26 Å². The smallest absolute Gasteiger partial charge is 0.132 e. The van der Waals surface area contributed by atoms with Gasteiger partial charge in [0, 0.05) is 13.6 Å². The molecule has 2 rings (SSSR count). The van der Waals surface area contributed by atoms with Crippen LogP contribution in [0.5, 0.6) is 0 Å². The van der Waals surface area contributed by atoms with Crippen molar-refractivity contribution in [1.29, 1.82) is 5.26 Å². The number of rotatable bonds is 3. The first kappa shape index (κ1) is 14.1. The highest BCUT2D eigenvalue weighted by atomic mass is 35.5. The molecule has 0 saturated carbocycles. The van der Waals surface area contributed by atoms with Gasteiger partial charge in [-0.3, -0.25) is 0 Å². The summed E-state index contributed by atoms with van der Waals surface area (Å²) in [6, 6.07) is 5.50. The quantitative estimate of drug-likeness (QED) is 0.797. The van der Waals surface area contributed by atoms with E-state index < -0.39 is 0 Å². The number of hydrogen-bond acceptors (Lipinski definition) is 4. The van der Waals surface area contributed by atoms with E-state index in [1.165, 1.54) is 12.8 Å². The Bertz CT molecular complexity index is 475. The predicted molar refractivity (Wildman–Crippen MR) is 77.5 cm³/mol. The number of hydrogen-bond donors (Lipinski definition) is 0. The Morgan fingerprint density at radius 1 is 1.47 bits per heavy atom. The highest BCUT2D eigenvalue weighted by Crippen LogP contribution is 2.21. The molecule has 4 nitrogen and oxygen atoms in total. The summed E-state index contributed by atoms with van der Waals surface area (Å²) in [6.45, 7) is 3.28. The van der Waals surface area contributed by atoms with Crippen LogP contribution in [0.25, 0.3) is 0 Å². The first-order chi connectivity index (χ1) is 9.08. The van der Waals surface area contributed by atoms with Crippen LogP contribution >= 0.6 is 11.6 Å². The van der Waals surface area contributed by atoms with Gasteiger partial charge in [0.25, 0.3) is 0 Å². The highest BCUT2D eigenvalue weighted by molar-refractivity contribution is 6.29. The maximum atomic E-state index is 8.96. The number of nitriles is 1. The van der Waals surface area contributed by atoms with E-state index in [1.807, 2.05) is 7.05 Å². The highest BCUT2D eigenvalue weighted by Gasteiger charge is 2.19. The Morgan fingerprint density at radius 3 is 2.79 bits per heavy atom. The third-order valence-electron chi connectivity index (χ3n) is 3.67. The molecule has 0 aliphatic carbocycles. The van der Waals surface area contributed by atoms with Crippen LogP contribution in [-0.4, -0.2) is 43.6 Å². The van der Waals surface area contributed by atoms with Crippen LogP contribution in [0.2, 0.25) is 5.15 Å². The number of aromatic nitrogens is 1. The molecule has 0 atom stereocenters. The fourth-order valence-electron chi connectivity index (χ4n) is 2.47. The number of pyridine rings is 1. The van der Waals surface area contributed by atoms with E-state index >= 15 is 0 Å². The van der Waals surface area contributed by atoms with E-state index in [2.05, 4.69) is 27.9 Å². The van der Waals surface area contributed by atoms with Gasteiger partial charge in [-0.25, -0.2) is 4.98 Å². The molecule has 0 amide bonds. The van der Waals surface area contributed by atoms with E-state index in [-0.39, 0.29) is 0 Å². The second-order valence-electron chi connectivity index (χ2n) is 5.28. The molecule has 19 heavy (non-hydrogen) atoms. The third-order valence-corrected chi connectivity index (χ3v) is 3.86. The lowest BCUT2D eigenvalue weighted by molar-refractivity contribution is 0.222. The summed E-state index contributed by atoms with van der Waals surface area (Å²) in [7, 11) is 4.18. The molecule has 0 aromatic carbocycles. The Morgan fingerprint density at radius 2 is 2.16 bits per heavy atom. The van der Waals surface area contributed by atoms with E-state index in [9.17, 15) is 0 Å². The average molecular weight is 279 g/mol. The van der Waals surface area contributed by atoms with Crippen LogP contribution in [0.3, 0.4) is 0 Å². The van der Waals surface area contributed by atoms with Gasteiger partial charge in [0.05, 0.1) is 11.6 Å². The lowest BCUT2D eigenvalue weighted by Gasteiger charge is -2.32. The van der Waals surface area contributed by atoms with Crippen molar-refractivity contribution in [3.05, 3.63) is 22.8 Å². The van der Waals surface area contributed by atoms with Gasteiger partial charge in [-0.15, -0.1) is 0 Å². The van der Waals surface area contributed by atoms with Crippen molar-refractivity contribution < 1.29 is 0 Å². The second-order valence-corrected chi connectivity index (χ2v) is 5.66. The topological polar surface area (TPSA) is 43.2 Å². The second kappa shape index (κ2) is 6.23. The van der Waals surface area contributed by atoms with Crippen LogP contribution in [0.1, 0.15) is 18.4 Å². The summed E-state index contributed by atoms with van der Waals surface area (Å²) in [5.74, 6) is 1.47. The van der Waals surface area contributed by atoms with E-state index in [0.29, 0.717) is 16.6 Å². The number of anilines is 1. The summed E-state index contributed by atoms with van der Waals surface area (Å²) in [6.07, 6.45) is 2.43. The van der Waals surface area contributed by atoms with Gasteiger partial charge < -0.3 is 9.80 Å². The van der Waals surface area contributed by atoms with Crippen molar-refractivity contribution in [2.75, 3.05) is 38.6 Å². The molecule has 1 aromatic rings. The molecular weight excluding hydrogens is 260 g/mol. The Kier molecular flexibility index (Phi) is 4.62. The van der Waals surface area contributed by atoms with Gasteiger partial charge in [0.2, 0.25) is 0 Å². The first-order valence-corrected chi connectivity index (χ1v) is 6.93. The molecule has 0 N–H and O–H groups in total. The lowest BCUT2D eigenvalue weighted by Crippen LogP contribution is -2.36. The van der Waals surface area contributed by atoms with Gasteiger partial charge >= 0.3 is 0 Å². The maximum Gasteiger partial charge on any atom is 0.132 e. The third kappa shape index (κ3) is 3.82. The van der Waals surface area contributed by atoms with Crippen LogP contribution < -0.4 is 4.90 Å². The van der Waals surface area contributed by atoms with Gasteiger partial charge in [-0.1, -0.05) is 11.6 Å². The van der Waals surface area contributed by atoms with Gasteiger partial charge in [0.1, 0.15) is 11.0 Å². The Balaban J connectivity index is 2.01. The number of piperidine rings is 1. The van der Waals surface area contributed by atoms with Crippen molar-refractivity contribution in [3.63, 3.8) is 0 Å². The molecular formula is C14H19ClN4. The predicted octanol–water partition coefficient (Wildman–Crippen LogP) is 2.38. The van der Waals surface area contributed by atoms with Crippen LogP contribution in [0, 0.1) is 17.2 Å². The van der Waals surface area contributed by atoms with Crippen LogP contribution in [-0.2, 0) is 0 Å². The molecule has 1 aliphatic heterocycles. The zero-order valence-corrected chi connectivity index (χ0v) is 12.2. The molecule has 1 aromatic heterocycles. The molecule has 0 unspecified atom stereocenters. The van der Waals surface area contributed by atoms with E-state index in [1.54, 1.807) is 12.1 Å². The minimum atomic E-state index is 0.379.